The van der Waals surface area contributed by atoms with Crippen molar-refractivity contribution >= 4 is 0 Å². The molecule has 17 heavy (non-hydrogen) atoms. The third-order valence-corrected chi connectivity index (χ3v) is 4.00. The fourth-order valence-corrected chi connectivity index (χ4v) is 2.97. The summed E-state index contributed by atoms with van der Waals surface area (Å²) in [5, 5.41) is 0. The van der Waals surface area contributed by atoms with Gasteiger partial charge in [-0.1, -0.05) is 37.3 Å². The Morgan fingerprint density at radius 1 is 1.18 bits per heavy atom. The molecular weight excluding hydrogens is 206 g/mol. The molecule has 1 nitrogen and oxygen atoms in total. The Labute approximate surface area is 106 Å². The molecule has 0 spiro atoms. The minimum absolute atomic E-state index is 0.825. The molecule has 1 aromatic carbocycles. The molecule has 1 fully saturated rings. The number of piperidine rings is 1. The molecule has 0 amide bonds. The first-order valence-corrected chi connectivity index (χ1v) is 6.96. The van der Waals surface area contributed by atoms with E-state index < -0.39 is 0 Å². The lowest BCUT2D eigenvalue weighted by atomic mass is 9.85. The number of benzene rings is 1. The van der Waals surface area contributed by atoms with Gasteiger partial charge in [-0.05, 0) is 63.2 Å². The predicted molar refractivity (Wildman–Crippen MR) is 74.1 cm³/mol. The van der Waals surface area contributed by atoms with Crippen molar-refractivity contribution in [3.05, 3.63) is 35.9 Å². The third kappa shape index (κ3) is 4.16. The van der Waals surface area contributed by atoms with Crippen molar-refractivity contribution in [3.8, 4) is 0 Å². The largest absolute Gasteiger partial charge is 0.306 e. The van der Waals surface area contributed by atoms with E-state index in [9.17, 15) is 0 Å². The molecule has 0 aromatic heterocycles. The smallest absolute Gasteiger partial charge is 0.00191 e. The molecule has 1 aliphatic rings. The van der Waals surface area contributed by atoms with Crippen LogP contribution >= 0.6 is 0 Å². The average molecular weight is 231 g/mol. The Balaban J connectivity index is 1.76. The van der Waals surface area contributed by atoms with E-state index in [-0.39, 0.29) is 0 Å². The third-order valence-electron chi connectivity index (χ3n) is 4.00. The van der Waals surface area contributed by atoms with Gasteiger partial charge in [0.2, 0.25) is 0 Å². The lowest BCUT2D eigenvalue weighted by Crippen LogP contribution is -2.30. The van der Waals surface area contributed by atoms with Crippen molar-refractivity contribution in [2.24, 2.45) is 11.8 Å². The van der Waals surface area contributed by atoms with Gasteiger partial charge < -0.3 is 4.90 Å². The van der Waals surface area contributed by atoms with Crippen LogP contribution in [0.1, 0.15) is 31.7 Å². The van der Waals surface area contributed by atoms with E-state index in [4.69, 9.17) is 0 Å². The minimum Gasteiger partial charge on any atom is -0.306 e. The van der Waals surface area contributed by atoms with Crippen molar-refractivity contribution < 1.29 is 0 Å². The molecule has 0 saturated carbocycles. The Bertz CT molecular complexity index is 312. The van der Waals surface area contributed by atoms with Crippen LogP contribution in [0.5, 0.6) is 0 Å². The Morgan fingerprint density at radius 2 is 1.82 bits per heavy atom. The van der Waals surface area contributed by atoms with E-state index in [1.165, 1.54) is 44.3 Å². The van der Waals surface area contributed by atoms with Gasteiger partial charge in [-0.25, -0.2) is 0 Å². The summed E-state index contributed by atoms with van der Waals surface area (Å²) in [4.78, 5) is 2.46. The van der Waals surface area contributed by atoms with E-state index in [1.807, 2.05) is 0 Å². The maximum absolute atomic E-state index is 2.46. The van der Waals surface area contributed by atoms with Gasteiger partial charge in [0.1, 0.15) is 0 Å². The molecule has 0 aliphatic carbocycles. The van der Waals surface area contributed by atoms with Gasteiger partial charge in [0.05, 0.1) is 0 Å². The van der Waals surface area contributed by atoms with Crippen molar-refractivity contribution in [1.82, 2.24) is 4.90 Å². The molecule has 1 heterocycles. The summed E-state index contributed by atoms with van der Waals surface area (Å²) in [7, 11) is 2.24. The van der Waals surface area contributed by atoms with Crippen LogP contribution in [0.15, 0.2) is 30.3 Å². The normalized spacial score (nSPS) is 20.4. The van der Waals surface area contributed by atoms with Gasteiger partial charge in [-0.15, -0.1) is 0 Å². The van der Waals surface area contributed by atoms with E-state index in [1.54, 1.807) is 0 Å². The maximum atomic E-state index is 2.46. The number of hydrogen-bond acceptors (Lipinski definition) is 1. The number of hydrogen-bond donors (Lipinski definition) is 0. The molecule has 0 unspecified atom stereocenters. The number of nitrogens with zero attached hydrogens (tertiary/aromatic N) is 1. The number of likely N-dealkylation sites (tertiary alicyclic amines) is 1. The second kappa shape index (κ2) is 6.20. The molecule has 1 saturated heterocycles. The summed E-state index contributed by atoms with van der Waals surface area (Å²) in [5.41, 5.74) is 1.49. The number of rotatable bonds is 4. The van der Waals surface area contributed by atoms with Crippen LogP contribution in [-0.4, -0.2) is 25.0 Å². The zero-order valence-electron chi connectivity index (χ0n) is 11.2. The lowest BCUT2D eigenvalue weighted by Gasteiger charge is -2.30. The fourth-order valence-electron chi connectivity index (χ4n) is 2.97. The van der Waals surface area contributed by atoms with Crippen molar-refractivity contribution in [2.45, 2.75) is 32.6 Å². The van der Waals surface area contributed by atoms with E-state index in [0.717, 1.165) is 11.8 Å². The minimum atomic E-state index is 0.825. The summed E-state index contributed by atoms with van der Waals surface area (Å²) in [6.45, 7) is 5.00. The van der Waals surface area contributed by atoms with Gasteiger partial charge in [0, 0.05) is 0 Å². The molecule has 2 rings (SSSR count). The van der Waals surface area contributed by atoms with Crippen LogP contribution in [0.2, 0.25) is 0 Å². The van der Waals surface area contributed by atoms with Crippen LogP contribution in [0.3, 0.4) is 0 Å². The zero-order valence-corrected chi connectivity index (χ0v) is 11.2. The monoisotopic (exact) mass is 231 g/mol. The first kappa shape index (κ1) is 12.6. The van der Waals surface area contributed by atoms with E-state index in [0.29, 0.717) is 0 Å². The first-order chi connectivity index (χ1) is 8.24. The van der Waals surface area contributed by atoms with Gasteiger partial charge in [-0.2, -0.15) is 0 Å². The Hall–Kier alpha value is -0.820. The molecular formula is C16H25N. The van der Waals surface area contributed by atoms with Crippen molar-refractivity contribution in [2.75, 3.05) is 20.1 Å². The van der Waals surface area contributed by atoms with Crippen LogP contribution in [0.4, 0.5) is 0 Å². The molecule has 1 aromatic rings. The highest BCUT2D eigenvalue weighted by atomic mass is 15.1. The molecule has 0 bridgehead atoms. The summed E-state index contributed by atoms with van der Waals surface area (Å²) < 4.78 is 0. The second-order valence-corrected chi connectivity index (χ2v) is 5.78. The highest BCUT2D eigenvalue weighted by molar-refractivity contribution is 5.15. The topological polar surface area (TPSA) is 3.24 Å². The van der Waals surface area contributed by atoms with Crippen LogP contribution in [-0.2, 0) is 6.42 Å². The van der Waals surface area contributed by atoms with Crippen LogP contribution in [0.25, 0.3) is 0 Å². The van der Waals surface area contributed by atoms with Gasteiger partial charge >= 0.3 is 0 Å². The standard InChI is InChI=1S/C16H25N/c1-14(12-15-6-4-3-5-7-15)13-16-8-10-17(2)11-9-16/h3-7,14,16H,8-13H2,1-2H3/t14-/m1/s1. The fraction of sp³-hybridized carbons (Fsp3) is 0.625. The molecule has 0 radical (unpaired) electrons. The summed E-state index contributed by atoms with van der Waals surface area (Å²) in [5.74, 6) is 1.79. The zero-order chi connectivity index (χ0) is 12.1. The van der Waals surface area contributed by atoms with Crippen molar-refractivity contribution in [3.63, 3.8) is 0 Å². The highest BCUT2D eigenvalue weighted by Gasteiger charge is 2.18. The Kier molecular flexibility index (Phi) is 4.61. The lowest BCUT2D eigenvalue weighted by molar-refractivity contribution is 0.198. The molecule has 1 aliphatic heterocycles. The van der Waals surface area contributed by atoms with Crippen LogP contribution < -0.4 is 0 Å². The Morgan fingerprint density at radius 3 is 2.47 bits per heavy atom. The van der Waals surface area contributed by atoms with Gasteiger partial charge in [-0.3, -0.25) is 0 Å². The molecule has 1 atom stereocenters. The second-order valence-electron chi connectivity index (χ2n) is 5.78. The summed E-state index contributed by atoms with van der Waals surface area (Å²) >= 11 is 0. The quantitative estimate of drug-likeness (QED) is 0.765. The van der Waals surface area contributed by atoms with Gasteiger partial charge in [0.15, 0.2) is 0 Å². The molecule has 1 heteroatoms. The maximum Gasteiger partial charge on any atom is -0.00191 e. The highest BCUT2D eigenvalue weighted by Crippen LogP contribution is 2.25. The van der Waals surface area contributed by atoms with Crippen LogP contribution in [0, 0.1) is 11.8 Å². The predicted octanol–water partition coefficient (Wildman–Crippen LogP) is 3.60. The first-order valence-electron chi connectivity index (χ1n) is 6.96. The summed E-state index contributed by atoms with van der Waals surface area (Å²) in [6.07, 6.45) is 5.45. The average Bonchev–Trinajstić information content (AvgIpc) is 2.33. The van der Waals surface area contributed by atoms with E-state index >= 15 is 0 Å². The van der Waals surface area contributed by atoms with E-state index in [2.05, 4.69) is 49.2 Å². The molecule has 0 N–H and O–H groups in total. The van der Waals surface area contributed by atoms with Crippen molar-refractivity contribution in [1.29, 1.82) is 0 Å². The SMILES string of the molecule is C[C@H](Cc1ccccc1)CC1CCN(C)CC1. The van der Waals surface area contributed by atoms with Gasteiger partial charge in [0.25, 0.3) is 0 Å². The summed E-state index contributed by atoms with van der Waals surface area (Å²) in [6, 6.07) is 10.9. The molecule has 94 valence electrons.